The molecule has 0 bridgehead atoms. The fraction of sp³-hybridized carbons (Fsp3) is 0.333. The highest BCUT2D eigenvalue weighted by molar-refractivity contribution is 5.61. The average molecular weight is 281 g/mol. The van der Waals surface area contributed by atoms with Crippen LogP contribution in [0.25, 0.3) is 0 Å². The van der Waals surface area contributed by atoms with E-state index in [9.17, 15) is 0 Å². The van der Waals surface area contributed by atoms with Crippen molar-refractivity contribution in [2.24, 2.45) is 0 Å². The Bertz CT molecular complexity index is 709. The SMILES string of the molecule is COc1ccc2c(c1OC)Cc1cccc3c1[C@H]2CNC3. The van der Waals surface area contributed by atoms with Crippen LogP contribution in [0.3, 0.4) is 0 Å². The number of hydrogen-bond acceptors (Lipinski definition) is 3. The van der Waals surface area contributed by atoms with Gasteiger partial charge in [0.25, 0.3) is 0 Å². The minimum atomic E-state index is 0.425. The Kier molecular flexibility index (Phi) is 2.89. The second-order valence-electron chi connectivity index (χ2n) is 5.72. The Balaban J connectivity index is 1.95. The van der Waals surface area contributed by atoms with Gasteiger partial charge in [-0.2, -0.15) is 0 Å². The summed E-state index contributed by atoms with van der Waals surface area (Å²) >= 11 is 0. The highest BCUT2D eigenvalue weighted by Crippen LogP contribution is 2.45. The number of fused-ring (bicyclic) bond motifs is 2. The summed E-state index contributed by atoms with van der Waals surface area (Å²) in [6.45, 7) is 1.97. The third-order valence-corrected chi connectivity index (χ3v) is 4.73. The predicted molar refractivity (Wildman–Crippen MR) is 82.3 cm³/mol. The second kappa shape index (κ2) is 4.78. The van der Waals surface area contributed by atoms with Gasteiger partial charge in [-0.15, -0.1) is 0 Å². The summed E-state index contributed by atoms with van der Waals surface area (Å²) in [6, 6.07) is 10.9. The third kappa shape index (κ3) is 1.77. The van der Waals surface area contributed by atoms with Gasteiger partial charge in [0, 0.05) is 31.0 Å². The summed E-state index contributed by atoms with van der Waals surface area (Å²) in [5.74, 6) is 2.13. The molecule has 2 aromatic rings. The van der Waals surface area contributed by atoms with Gasteiger partial charge in [-0.3, -0.25) is 0 Å². The number of benzene rings is 2. The van der Waals surface area contributed by atoms with Gasteiger partial charge < -0.3 is 14.8 Å². The predicted octanol–water partition coefficient (Wildman–Crippen LogP) is 2.84. The molecule has 1 aliphatic heterocycles. The molecule has 0 fully saturated rings. The van der Waals surface area contributed by atoms with Crippen molar-refractivity contribution >= 4 is 0 Å². The van der Waals surface area contributed by atoms with E-state index in [1.807, 2.05) is 6.07 Å². The normalized spacial score (nSPS) is 18.7. The van der Waals surface area contributed by atoms with E-state index < -0.39 is 0 Å². The molecule has 0 spiro atoms. The zero-order chi connectivity index (χ0) is 14.4. The maximum absolute atomic E-state index is 5.65. The Morgan fingerprint density at radius 2 is 1.90 bits per heavy atom. The lowest BCUT2D eigenvalue weighted by atomic mass is 9.74. The Morgan fingerprint density at radius 1 is 1.05 bits per heavy atom. The van der Waals surface area contributed by atoms with Gasteiger partial charge in [-0.05, 0) is 28.3 Å². The van der Waals surface area contributed by atoms with Crippen molar-refractivity contribution in [3.63, 3.8) is 0 Å². The Morgan fingerprint density at radius 3 is 2.71 bits per heavy atom. The van der Waals surface area contributed by atoms with Crippen LogP contribution in [0.15, 0.2) is 30.3 Å². The topological polar surface area (TPSA) is 30.5 Å². The number of hydrogen-bond donors (Lipinski definition) is 1. The molecule has 0 aromatic heterocycles. The van der Waals surface area contributed by atoms with Crippen LogP contribution in [-0.2, 0) is 13.0 Å². The molecule has 0 amide bonds. The van der Waals surface area contributed by atoms with Gasteiger partial charge in [0.05, 0.1) is 14.2 Å². The number of methoxy groups -OCH3 is 2. The largest absolute Gasteiger partial charge is 0.493 e. The molecule has 1 N–H and O–H groups in total. The highest BCUT2D eigenvalue weighted by atomic mass is 16.5. The van der Waals surface area contributed by atoms with Crippen LogP contribution in [0, 0.1) is 0 Å². The first-order valence-electron chi connectivity index (χ1n) is 7.38. The molecular formula is C18H19NO2. The van der Waals surface area contributed by atoms with E-state index in [4.69, 9.17) is 9.47 Å². The van der Waals surface area contributed by atoms with Crippen molar-refractivity contribution in [2.75, 3.05) is 20.8 Å². The molecule has 1 atom stereocenters. The smallest absolute Gasteiger partial charge is 0.164 e. The second-order valence-corrected chi connectivity index (χ2v) is 5.72. The first-order valence-corrected chi connectivity index (χ1v) is 7.38. The summed E-state index contributed by atoms with van der Waals surface area (Å²) in [5, 5.41) is 3.54. The van der Waals surface area contributed by atoms with Crippen molar-refractivity contribution in [1.29, 1.82) is 0 Å². The first-order chi connectivity index (χ1) is 10.3. The van der Waals surface area contributed by atoms with E-state index in [2.05, 4.69) is 29.6 Å². The molecule has 3 nitrogen and oxygen atoms in total. The van der Waals surface area contributed by atoms with Gasteiger partial charge in [0.1, 0.15) is 0 Å². The van der Waals surface area contributed by atoms with Crippen molar-refractivity contribution in [2.45, 2.75) is 18.9 Å². The van der Waals surface area contributed by atoms with Crippen LogP contribution in [0.4, 0.5) is 0 Å². The molecule has 0 saturated heterocycles. The van der Waals surface area contributed by atoms with Gasteiger partial charge in [-0.25, -0.2) is 0 Å². The highest BCUT2D eigenvalue weighted by Gasteiger charge is 2.32. The molecular weight excluding hydrogens is 262 g/mol. The maximum Gasteiger partial charge on any atom is 0.164 e. The van der Waals surface area contributed by atoms with Crippen LogP contribution < -0.4 is 14.8 Å². The van der Waals surface area contributed by atoms with E-state index >= 15 is 0 Å². The van der Waals surface area contributed by atoms with E-state index in [0.717, 1.165) is 31.0 Å². The number of rotatable bonds is 2. The number of ether oxygens (including phenoxy) is 2. The molecule has 4 rings (SSSR count). The van der Waals surface area contributed by atoms with Crippen molar-refractivity contribution < 1.29 is 9.47 Å². The zero-order valence-electron chi connectivity index (χ0n) is 12.4. The summed E-state index contributed by atoms with van der Waals surface area (Å²) in [5.41, 5.74) is 7.04. The standard InChI is InChI=1S/C18H19NO2/c1-20-16-7-6-13-14(18(16)21-2)8-11-4-3-5-12-9-19-10-15(13)17(11)12/h3-7,15,19H,8-10H2,1-2H3/t15-/m0/s1. The van der Waals surface area contributed by atoms with Gasteiger partial charge in [0.15, 0.2) is 11.5 Å². The van der Waals surface area contributed by atoms with Crippen LogP contribution in [-0.4, -0.2) is 20.8 Å². The van der Waals surface area contributed by atoms with E-state index in [1.54, 1.807) is 14.2 Å². The lowest BCUT2D eigenvalue weighted by Crippen LogP contribution is -2.32. The monoisotopic (exact) mass is 281 g/mol. The molecule has 21 heavy (non-hydrogen) atoms. The first kappa shape index (κ1) is 12.7. The minimum absolute atomic E-state index is 0.425. The average Bonchev–Trinajstić information content (AvgIpc) is 2.54. The zero-order valence-corrected chi connectivity index (χ0v) is 12.4. The fourth-order valence-corrected chi connectivity index (χ4v) is 3.85. The Hall–Kier alpha value is -2.00. The molecule has 1 heterocycles. The van der Waals surface area contributed by atoms with Crippen molar-refractivity contribution in [3.05, 3.63) is 58.1 Å². The van der Waals surface area contributed by atoms with Crippen LogP contribution in [0.2, 0.25) is 0 Å². The summed E-state index contributed by atoms with van der Waals surface area (Å²) in [7, 11) is 3.42. The van der Waals surface area contributed by atoms with Gasteiger partial charge >= 0.3 is 0 Å². The molecule has 2 aliphatic rings. The molecule has 1 aliphatic carbocycles. The quantitative estimate of drug-likeness (QED) is 0.918. The molecule has 0 radical (unpaired) electrons. The summed E-state index contributed by atoms with van der Waals surface area (Å²) in [4.78, 5) is 0. The molecule has 0 unspecified atom stereocenters. The number of nitrogens with one attached hydrogen (secondary N) is 1. The third-order valence-electron chi connectivity index (χ3n) is 4.73. The molecule has 0 saturated carbocycles. The lowest BCUT2D eigenvalue weighted by Gasteiger charge is -2.35. The van der Waals surface area contributed by atoms with E-state index in [-0.39, 0.29) is 0 Å². The minimum Gasteiger partial charge on any atom is -0.493 e. The Labute approximate surface area is 124 Å². The van der Waals surface area contributed by atoms with Crippen molar-refractivity contribution in [3.8, 4) is 11.5 Å². The molecule has 3 heteroatoms. The van der Waals surface area contributed by atoms with Crippen LogP contribution in [0.5, 0.6) is 11.5 Å². The summed E-state index contributed by atoms with van der Waals surface area (Å²) < 4.78 is 11.1. The maximum atomic E-state index is 5.65. The van der Waals surface area contributed by atoms with Gasteiger partial charge in [0.2, 0.25) is 0 Å². The van der Waals surface area contributed by atoms with E-state index in [0.29, 0.717) is 5.92 Å². The van der Waals surface area contributed by atoms with Crippen LogP contribution in [0.1, 0.15) is 33.7 Å². The van der Waals surface area contributed by atoms with E-state index in [1.165, 1.54) is 27.8 Å². The lowest BCUT2D eigenvalue weighted by molar-refractivity contribution is 0.350. The molecule has 2 aromatic carbocycles. The van der Waals surface area contributed by atoms with Crippen molar-refractivity contribution in [1.82, 2.24) is 5.32 Å². The molecule has 108 valence electrons. The van der Waals surface area contributed by atoms with Crippen LogP contribution >= 0.6 is 0 Å². The van der Waals surface area contributed by atoms with Gasteiger partial charge in [-0.1, -0.05) is 24.3 Å². The fourth-order valence-electron chi connectivity index (χ4n) is 3.85. The summed E-state index contributed by atoms with van der Waals surface area (Å²) in [6.07, 6.45) is 0.926.